The Morgan fingerprint density at radius 2 is 1.86 bits per heavy atom. The Balaban J connectivity index is 1.69. The van der Waals surface area contributed by atoms with Gasteiger partial charge in [0.1, 0.15) is 11.5 Å². The average molecular weight is 388 g/mol. The monoisotopic (exact) mass is 388 g/mol. The number of para-hydroxylation sites is 2. The lowest BCUT2D eigenvalue weighted by Gasteiger charge is -2.37. The molecule has 1 fully saturated rings. The van der Waals surface area contributed by atoms with E-state index in [-0.39, 0.29) is 29.3 Å². The molecule has 1 aliphatic heterocycles. The molecular formula is C19H21FN4O4. The molecule has 0 radical (unpaired) electrons. The molecule has 2 atom stereocenters. The van der Waals surface area contributed by atoms with Gasteiger partial charge in [-0.3, -0.25) is 10.1 Å². The van der Waals surface area contributed by atoms with Crippen LogP contribution in [0.5, 0.6) is 0 Å². The number of benzene rings is 2. The highest BCUT2D eigenvalue weighted by molar-refractivity contribution is 6.01. The first-order valence-corrected chi connectivity index (χ1v) is 8.85. The van der Waals surface area contributed by atoms with E-state index in [2.05, 4.69) is 10.6 Å². The van der Waals surface area contributed by atoms with Gasteiger partial charge in [-0.25, -0.2) is 9.18 Å². The van der Waals surface area contributed by atoms with Gasteiger partial charge in [-0.05, 0) is 38.1 Å². The fourth-order valence-electron chi connectivity index (χ4n) is 3.24. The molecule has 1 heterocycles. The lowest BCUT2D eigenvalue weighted by atomic mass is 10.2. The molecule has 0 spiro atoms. The van der Waals surface area contributed by atoms with Crippen LogP contribution in [0, 0.1) is 15.9 Å². The van der Waals surface area contributed by atoms with Crippen LogP contribution in [0.3, 0.4) is 0 Å². The number of hydrogen-bond acceptors (Lipinski definition) is 5. The van der Waals surface area contributed by atoms with Crippen molar-refractivity contribution >= 4 is 28.8 Å². The molecule has 9 heteroatoms. The summed E-state index contributed by atoms with van der Waals surface area (Å²) in [6, 6.07) is 9.48. The van der Waals surface area contributed by atoms with Gasteiger partial charge in [-0.15, -0.1) is 0 Å². The quantitative estimate of drug-likeness (QED) is 0.610. The van der Waals surface area contributed by atoms with Crippen LogP contribution in [0.1, 0.15) is 13.8 Å². The van der Waals surface area contributed by atoms with Gasteiger partial charge in [-0.2, -0.15) is 0 Å². The van der Waals surface area contributed by atoms with Crippen LogP contribution in [0.25, 0.3) is 0 Å². The first-order valence-electron chi connectivity index (χ1n) is 8.85. The van der Waals surface area contributed by atoms with Crippen LogP contribution < -0.4 is 15.5 Å². The summed E-state index contributed by atoms with van der Waals surface area (Å²) < 4.78 is 20.3. The van der Waals surface area contributed by atoms with Gasteiger partial charge in [0.2, 0.25) is 0 Å². The third-order valence-corrected chi connectivity index (χ3v) is 4.31. The fraction of sp³-hybridized carbons (Fsp3) is 0.316. The summed E-state index contributed by atoms with van der Waals surface area (Å²) in [5.41, 5.74) is 0.506. The number of nitro benzene ring substituents is 1. The molecule has 2 amide bonds. The molecule has 0 saturated carbocycles. The van der Waals surface area contributed by atoms with E-state index < -0.39 is 16.8 Å². The number of urea groups is 1. The predicted molar refractivity (Wildman–Crippen MR) is 104 cm³/mol. The third-order valence-electron chi connectivity index (χ3n) is 4.31. The van der Waals surface area contributed by atoms with Crippen molar-refractivity contribution in [3.63, 3.8) is 0 Å². The maximum absolute atomic E-state index is 14.6. The molecule has 0 aliphatic carbocycles. The largest absolute Gasteiger partial charge is 0.372 e. The van der Waals surface area contributed by atoms with Gasteiger partial charge < -0.3 is 20.3 Å². The zero-order valence-electron chi connectivity index (χ0n) is 15.5. The standard InChI is InChI=1S/C19H21FN4O4/c1-12-10-23(11-13(2)28-12)17-8-7-14(9-15(17)20)21-19(25)22-16-5-3-4-6-18(16)24(26)27/h3-9,12-13H,10-11H2,1-2H3,(H2,21,22,25)/t12-,13+. The molecule has 1 aliphatic rings. The highest BCUT2D eigenvalue weighted by atomic mass is 19.1. The number of nitrogens with zero attached hydrogens (tertiary/aromatic N) is 2. The van der Waals surface area contributed by atoms with Gasteiger partial charge in [0.15, 0.2) is 0 Å². The first-order chi connectivity index (χ1) is 13.3. The Hall–Kier alpha value is -3.20. The number of morpholine rings is 1. The van der Waals surface area contributed by atoms with Crippen molar-refractivity contribution < 1.29 is 18.8 Å². The van der Waals surface area contributed by atoms with Crippen LogP contribution >= 0.6 is 0 Å². The Morgan fingerprint density at radius 3 is 2.50 bits per heavy atom. The second-order valence-corrected chi connectivity index (χ2v) is 6.68. The summed E-state index contributed by atoms with van der Waals surface area (Å²) in [4.78, 5) is 24.5. The van der Waals surface area contributed by atoms with Crippen molar-refractivity contribution in [3.05, 3.63) is 58.4 Å². The van der Waals surface area contributed by atoms with Crippen molar-refractivity contribution in [1.29, 1.82) is 0 Å². The van der Waals surface area contributed by atoms with Gasteiger partial charge in [0.05, 0.1) is 22.8 Å². The van der Waals surface area contributed by atoms with E-state index in [1.165, 1.54) is 24.3 Å². The highest BCUT2D eigenvalue weighted by Gasteiger charge is 2.24. The first kappa shape index (κ1) is 19.6. The van der Waals surface area contributed by atoms with E-state index >= 15 is 0 Å². The molecule has 0 unspecified atom stereocenters. The lowest BCUT2D eigenvalue weighted by molar-refractivity contribution is -0.383. The molecule has 2 N–H and O–H groups in total. The summed E-state index contributed by atoms with van der Waals surface area (Å²) in [6.07, 6.45) is -0.0122. The number of carbonyl (C=O) groups is 1. The second-order valence-electron chi connectivity index (χ2n) is 6.68. The maximum Gasteiger partial charge on any atom is 0.323 e. The molecular weight excluding hydrogens is 367 g/mol. The van der Waals surface area contributed by atoms with E-state index in [9.17, 15) is 19.3 Å². The number of ether oxygens (including phenoxy) is 1. The smallest absolute Gasteiger partial charge is 0.323 e. The average Bonchev–Trinajstić information content (AvgIpc) is 2.61. The Labute approximate surface area is 161 Å². The number of anilines is 3. The number of amides is 2. The number of halogens is 1. The molecule has 28 heavy (non-hydrogen) atoms. The molecule has 3 rings (SSSR count). The number of rotatable bonds is 4. The molecule has 2 aromatic carbocycles. The van der Waals surface area contributed by atoms with Crippen molar-refractivity contribution in [2.24, 2.45) is 0 Å². The number of nitro groups is 1. The third kappa shape index (κ3) is 4.55. The summed E-state index contributed by atoms with van der Waals surface area (Å²) in [5.74, 6) is -0.468. The molecule has 2 aromatic rings. The summed E-state index contributed by atoms with van der Waals surface area (Å²) in [5, 5.41) is 15.9. The van der Waals surface area contributed by atoms with Crippen LogP contribution in [0.15, 0.2) is 42.5 Å². The zero-order chi connectivity index (χ0) is 20.3. The minimum Gasteiger partial charge on any atom is -0.372 e. The topological polar surface area (TPSA) is 96.7 Å². The van der Waals surface area contributed by atoms with E-state index in [0.717, 1.165) is 0 Å². The van der Waals surface area contributed by atoms with E-state index in [0.29, 0.717) is 18.8 Å². The minimum absolute atomic E-state index is 0.00612. The van der Waals surface area contributed by atoms with Crippen molar-refractivity contribution in [3.8, 4) is 0 Å². The van der Waals surface area contributed by atoms with Crippen LogP contribution in [-0.4, -0.2) is 36.3 Å². The summed E-state index contributed by atoms with van der Waals surface area (Å²) in [6.45, 7) is 5.02. The van der Waals surface area contributed by atoms with Crippen LogP contribution in [-0.2, 0) is 4.74 Å². The Kier molecular flexibility index (Phi) is 5.74. The van der Waals surface area contributed by atoms with Gasteiger partial charge >= 0.3 is 6.03 Å². The lowest BCUT2D eigenvalue weighted by Crippen LogP contribution is -2.45. The number of carbonyl (C=O) groups excluding carboxylic acids is 1. The molecule has 1 saturated heterocycles. The molecule has 148 valence electrons. The fourth-order valence-corrected chi connectivity index (χ4v) is 3.24. The highest BCUT2D eigenvalue weighted by Crippen LogP contribution is 2.27. The van der Waals surface area contributed by atoms with Crippen molar-refractivity contribution in [2.45, 2.75) is 26.1 Å². The Morgan fingerprint density at radius 1 is 1.18 bits per heavy atom. The van der Waals surface area contributed by atoms with Gasteiger partial charge in [0.25, 0.3) is 5.69 Å². The SMILES string of the molecule is C[C@@H]1CN(c2ccc(NC(=O)Nc3ccccc3[N+](=O)[O-])cc2F)C[C@H](C)O1. The Bertz CT molecular complexity index is 882. The van der Waals surface area contributed by atoms with Gasteiger partial charge in [0, 0.05) is 24.8 Å². The maximum atomic E-state index is 14.6. The second kappa shape index (κ2) is 8.22. The molecule has 0 bridgehead atoms. The number of nitrogens with one attached hydrogen (secondary N) is 2. The van der Waals surface area contributed by atoms with E-state index in [4.69, 9.17) is 4.74 Å². The zero-order valence-corrected chi connectivity index (χ0v) is 15.5. The molecule has 0 aromatic heterocycles. The van der Waals surface area contributed by atoms with Crippen molar-refractivity contribution in [2.75, 3.05) is 28.6 Å². The normalized spacial score (nSPS) is 19.2. The predicted octanol–water partition coefficient (Wildman–Crippen LogP) is 3.99. The summed E-state index contributed by atoms with van der Waals surface area (Å²) >= 11 is 0. The van der Waals surface area contributed by atoms with Crippen LogP contribution in [0.4, 0.5) is 31.9 Å². The molecule has 8 nitrogen and oxygen atoms in total. The van der Waals surface area contributed by atoms with Gasteiger partial charge in [-0.1, -0.05) is 12.1 Å². The summed E-state index contributed by atoms with van der Waals surface area (Å²) in [7, 11) is 0. The number of hydrogen-bond donors (Lipinski definition) is 2. The van der Waals surface area contributed by atoms with Crippen molar-refractivity contribution in [1.82, 2.24) is 0 Å². The minimum atomic E-state index is -0.699. The van der Waals surface area contributed by atoms with Crippen LogP contribution in [0.2, 0.25) is 0 Å². The van der Waals surface area contributed by atoms with E-state index in [1.54, 1.807) is 18.2 Å². The van der Waals surface area contributed by atoms with E-state index in [1.807, 2.05) is 18.7 Å².